The third-order valence-corrected chi connectivity index (χ3v) is 6.65. The molecule has 3 fully saturated rings. The predicted molar refractivity (Wildman–Crippen MR) is 129 cm³/mol. The molecule has 8 heteroatoms. The van der Waals surface area contributed by atoms with Crippen LogP contribution in [0.1, 0.15) is 33.6 Å². The topological polar surface area (TPSA) is 66.5 Å². The molecule has 4 rings (SSSR count). The second-order valence-electron chi connectivity index (χ2n) is 10.4. The van der Waals surface area contributed by atoms with Gasteiger partial charge in [-0.15, -0.1) is 0 Å². The summed E-state index contributed by atoms with van der Waals surface area (Å²) in [6, 6.07) is 8.43. The Hall–Kier alpha value is -2.03. The van der Waals surface area contributed by atoms with E-state index in [1.807, 2.05) is 26.8 Å². The Balaban J connectivity index is 1.22. The summed E-state index contributed by atoms with van der Waals surface area (Å²) in [6.07, 6.45) is 1.92. The molecule has 3 aliphatic heterocycles. The maximum absolute atomic E-state index is 12.2. The Morgan fingerprint density at radius 1 is 1.12 bits per heavy atom. The molecule has 0 saturated carbocycles. The fourth-order valence-electron chi connectivity index (χ4n) is 4.79. The van der Waals surface area contributed by atoms with Crippen LogP contribution in [0.15, 0.2) is 24.3 Å². The number of piperidine rings is 1. The molecular formula is C25H40N4O4. The van der Waals surface area contributed by atoms with E-state index in [0.717, 1.165) is 71.0 Å². The van der Waals surface area contributed by atoms with Gasteiger partial charge in [0.15, 0.2) is 0 Å². The van der Waals surface area contributed by atoms with E-state index in [-0.39, 0.29) is 11.7 Å². The van der Waals surface area contributed by atoms with E-state index in [1.54, 1.807) is 4.90 Å². The lowest BCUT2D eigenvalue weighted by molar-refractivity contribution is -0.0738. The molecule has 3 aliphatic rings. The van der Waals surface area contributed by atoms with Crippen LogP contribution in [0.2, 0.25) is 0 Å². The molecule has 1 N–H and O–H groups in total. The van der Waals surface area contributed by atoms with Crippen molar-refractivity contribution < 1.29 is 19.0 Å². The van der Waals surface area contributed by atoms with Crippen molar-refractivity contribution in [1.82, 2.24) is 15.1 Å². The highest BCUT2D eigenvalue weighted by Crippen LogP contribution is 2.31. The predicted octanol–water partition coefficient (Wildman–Crippen LogP) is 2.58. The Labute approximate surface area is 198 Å². The van der Waals surface area contributed by atoms with Crippen molar-refractivity contribution >= 4 is 11.8 Å². The van der Waals surface area contributed by atoms with Crippen molar-refractivity contribution in [1.29, 1.82) is 0 Å². The molecule has 8 nitrogen and oxygen atoms in total. The first-order valence-electron chi connectivity index (χ1n) is 12.3. The average molecular weight is 461 g/mol. The molecule has 0 aromatic heterocycles. The number of nitrogens with one attached hydrogen (secondary N) is 1. The number of benzene rings is 1. The first kappa shape index (κ1) is 24.1. The van der Waals surface area contributed by atoms with Crippen molar-refractivity contribution in [3.8, 4) is 5.75 Å². The second kappa shape index (κ2) is 10.5. The van der Waals surface area contributed by atoms with Gasteiger partial charge in [-0.05, 0) is 58.8 Å². The van der Waals surface area contributed by atoms with Gasteiger partial charge in [-0.2, -0.15) is 0 Å². The minimum atomic E-state index is -0.452. The Kier molecular flexibility index (Phi) is 7.66. The summed E-state index contributed by atoms with van der Waals surface area (Å²) in [4.78, 5) is 18.8. The molecule has 0 atom stereocenters. The molecule has 0 radical (unpaired) electrons. The summed E-state index contributed by atoms with van der Waals surface area (Å²) in [5.74, 6) is 0.908. The molecule has 184 valence electrons. The van der Waals surface area contributed by atoms with E-state index in [2.05, 4.69) is 33.3 Å². The molecule has 1 amide bonds. The van der Waals surface area contributed by atoms with Gasteiger partial charge in [0.2, 0.25) is 0 Å². The number of anilines is 1. The van der Waals surface area contributed by atoms with E-state index in [1.165, 1.54) is 5.69 Å². The summed E-state index contributed by atoms with van der Waals surface area (Å²) in [7, 11) is 0. The van der Waals surface area contributed by atoms with Crippen molar-refractivity contribution in [3.05, 3.63) is 24.3 Å². The van der Waals surface area contributed by atoms with Crippen LogP contribution in [-0.2, 0) is 9.47 Å². The number of piperazine rings is 1. The first-order chi connectivity index (χ1) is 15.8. The highest BCUT2D eigenvalue weighted by molar-refractivity contribution is 5.68. The number of carbonyl (C=O) groups is 1. The number of rotatable bonds is 5. The molecule has 3 saturated heterocycles. The Morgan fingerprint density at radius 2 is 1.88 bits per heavy atom. The standard InChI is InChI=1S/C25H40N4O4/c1-24(2,3)33-23(30)28-13-11-27(12-14-28)15-17-31-22-6-4-5-21(19-22)29-16-18-32-25(20-29)7-9-26-10-8-25/h4-6,19,26H,7-18,20H2,1-3H3. The smallest absolute Gasteiger partial charge is 0.410 e. The summed E-state index contributed by atoms with van der Waals surface area (Å²) in [5.41, 5.74) is 0.744. The van der Waals surface area contributed by atoms with E-state index < -0.39 is 5.60 Å². The van der Waals surface area contributed by atoms with Gasteiger partial charge in [-0.25, -0.2) is 4.79 Å². The molecule has 0 aliphatic carbocycles. The van der Waals surface area contributed by atoms with Gasteiger partial charge in [0.05, 0.1) is 12.2 Å². The number of ether oxygens (including phenoxy) is 3. The van der Waals surface area contributed by atoms with E-state index >= 15 is 0 Å². The Bertz CT molecular complexity index is 777. The molecule has 33 heavy (non-hydrogen) atoms. The van der Waals surface area contributed by atoms with Gasteiger partial charge in [0.25, 0.3) is 0 Å². The lowest BCUT2D eigenvalue weighted by Crippen LogP contribution is -2.56. The molecular weight excluding hydrogens is 420 g/mol. The first-order valence-corrected chi connectivity index (χ1v) is 12.3. The largest absolute Gasteiger partial charge is 0.492 e. The van der Waals surface area contributed by atoms with E-state index in [9.17, 15) is 4.79 Å². The Morgan fingerprint density at radius 3 is 2.61 bits per heavy atom. The summed E-state index contributed by atoms with van der Waals surface area (Å²) in [5, 5.41) is 3.44. The molecule has 0 unspecified atom stereocenters. The number of amides is 1. The third-order valence-electron chi connectivity index (χ3n) is 6.65. The normalized spacial score (nSPS) is 21.8. The molecule has 1 aromatic rings. The zero-order chi connectivity index (χ0) is 23.3. The fraction of sp³-hybridized carbons (Fsp3) is 0.720. The van der Waals surface area contributed by atoms with Gasteiger partial charge in [-0.3, -0.25) is 4.90 Å². The fourth-order valence-corrected chi connectivity index (χ4v) is 4.79. The van der Waals surface area contributed by atoms with Crippen LogP contribution < -0.4 is 15.0 Å². The molecule has 0 bridgehead atoms. The van der Waals surface area contributed by atoms with Crippen LogP contribution in [-0.4, -0.2) is 99.2 Å². The van der Waals surface area contributed by atoms with Crippen LogP contribution in [0, 0.1) is 0 Å². The van der Waals surface area contributed by atoms with Gasteiger partial charge in [0, 0.05) is 57.6 Å². The van der Waals surface area contributed by atoms with Crippen LogP contribution in [0.25, 0.3) is 0 Å². The monoisotopic (exact) mass is 460 g/mol. The highest BCUT2D eigenvalue weighted by Gasteiger charge is 2.38. The minimum absolute atomic E-state index is 0.0121. The van der Waals surface area contributed by atoms with Crippen LogP contribution in [0.5, 0.6) is 5.75 Å². The van der Waals surface area contributed by atoms with E-state index in [4.69, 9.17) is 14.2 Å². The summed E-state index contributed by atoms with van der Waals surface area (Å²) < 4.78 is 17.8. The maximum Gasteiger partial charge on any atom is 0.410 e. The number of carbonyl (C=O) groups excluding carboxylic acids is 1. The van der Waals surface area contributed by atoms with Crippen LogP contribution in [0.3, 0.4) is 0 Å². The number of hydrogen-bond acceptors (Lipinski definition) is 7. The third kappa shape index (κ3) is 6.74. The summed E-state index contributed by atoms with van der Waals surface area (Å²) in [6.45, 7) is 15.0. The lowest BCUT2D eigenvalue weighted by atomic mass is 9.90. The maximum atomic E-state index is 12.2. The van der Waals surface area contributed by atoms with Gasteiger partial charge in [0.1, 0.15) is 18.0 Å². The highest BCUT2D eigenvalue weighted by atomic mass is 16.6. The lowest BCUT2D eigenvalue weighted by Gasteiger charge is -2.46. The summed E-state index contributed by atoms with van der Waals surface area (Å²) >= 11 is 0. The zero-order valence-electron chi connectivity index (χ0n) is 20.5. The minimum Gasteiger partial charge on any atom is -0.492 e. The molecule has 1 aromatic carbocycles. The van der Waals surface area contributed by atoms with Crippen molar-refractivity contribution in [2.24, 2.45) is 0 Å². The van der Waals surface area contributed by atoms with Crippen LogP contribution in [0.4, 0.5) is 10.5 Å². The number of hydrogen-bond donors (Lipinski definition) is 1. The van der Waals surface area contributed by atoms with Crippen molar-refractivity contribution in [2.75, 3.05) is 77.0 Å². The number of nitrogens with zero attached hydrogens (tertiary/aromatic N) is 3. The van der Waals surface area contributed by atoms with Gasteiger partial charge >= 0.3 is 6.09 Å². The average Bonchev–Trinajstić information content (AvgIpc) is 2.79. The van der Waals surface area contributed by atoms with Crippen molar-refractivity contribution in [2.45, 2.75) is 44.8 Å². The SMILES string of the molecule is CC(C)(C)OC(=O)N1CCN(CCOc2cccc(N3CCOC4(CCNCC4)C3)c2)CC1. The van der Waals surface area contributed by atoms with Gasteiger partial charge in [-0.1, -0.05) is 6.07 Å². The molecule has 1 spiro atoms. The number of morpholine rings is 1. The zero-order valence-corrected chi connectivity index (χ0v) is 20.5. The second-order valence-corrected chi connectivity index (χ2v) is 10.4. The molecule has 3 heterocycles. The van der Waals surface area contributed by atoms with Crippen molar-refractivity contribution in [3.63, 3.8) is 0 Å². The van der Waals surface area contributed by atoms with Gasteiger partial charge < -0.3 is 29.3 Å². The van der Waals surface area contributed by atoms with E-state index in [0.29, 0.717) is 19.7 Å². The van der Waals surface area contributed by atoms with Crippen LogP contribution >= 0.6 is 0 Å². The quantitative estimate of drug-likeness (QED) is 0.724.